The minimum absolute atomic E-state index is 0.0284. The van der Waals surface area contributed by atoms with E-state index >= 15 is 0 Å². The molecular weight excluding hydrogens is 324 g/mol. The molecule has 2 atom stereocenters. The highest BCUT2D eigenvalue weighted by Crippen LogP contribution is 2.32. The van der Waals surface area contributed by atoms with Crippen LogP contribution in [0.3, 0.4) is 0 Å². The standard InChI is InChI=1S/C15H17ClN2O3S/c1-9-6-11(18(20)21)8-12(16)15(9)17-10(2)7-13(19)14-4-3-5-22-14/h3-6,8,10,13,17,19H,7H2,1-2H3. The monoisotopic (exact) mass is 340 g/mol. The largest absolute Gasteiger partial charge is 0.387 e. The molecule has 2 rings (SSSR count). The maximum absolute atomic E-state index is 10.8. The van der Waals surface area contributed by atoms with Gasteiger partial charge in [0, 0.05) is 23.1 Å². The van der Waals surface area contributed by atoms with Crippen molar-refractivity contribution in [3.8, 4) is 0 Å². The Morgan fingerprint density at radius 2 is 2.23 bits per heavy atom. The lowest BCUT2D eigenvalue weighted by atomic mass is 10.1. The maximum Gasteiger partial charge on any atom is 0.271 e. The smallest absolute Gasteiger partial charge is 0.271 e. The number of nitrogens with one attached hydrogen (secondary N) is 1. The predicted octanol–water partition coefficient (Wildman–Crippen LogP) is 4.54. The van der Waals surface area contributed by atoms with Crippen molar-refractivity contribution in [2.24, 2.45) is 0 Å². The molecule has 0 saturated heterocycles. The molecule has 0 radical (unpaired) electrons. The number of halogens is 1. The molecule has 1 heterocycles. The molecule has 2 unspecified atom stereocenters. The van der Waals surface area contributed by atoms with Crippen LogP contribution in [0.4, 0.5) is 11.4 Å². The summed E-state index contributed by atoms with van der Waals surface area (Å²) in [7, 11) is 0. The summed E-state index contributed by atoms with van der Waals surface area (Å²) in [5.74, 6) is 0. The van der Waals surface area contributed by atoms with Gasteiger partial charge in [0.05, 0.1) is 21.7 Å². The molecule has 1 aromatic carbocycles. The van der Waals surface area contributed by atoms with Crippen LogP contribution >= 0.6 is 22.9 Å². The first-order chi connectivity index (χ1) is 10.4. The number of hydrogen-bond donors (Lipinski definition) is 2. The van der Waals surface area contributed by atoms with Gasteiger partial charge < -0.3 is 10.4 Å². The zero-order valence-corrected chi connectivity index (χ0v) is 13.8. The molecule has 0 amide bonds. The maximum atomic E-state index is 10.8. The van der Waals surface area contributed by atoms with Crippen LogP contribution in [0.5, 0.6) is 0 Å². The first-order valence-corrected chi connectivity index (χ1v) is 8.06. The Morgan fingerprint density at radius 1 is 1.50 bits per heavy atom. The highest BCUT2D eigenvalue weighted by atomic mass is 35.5. The van der Waals surface area contributed by atoms with Gasteiger partial charge >= 0.3 is 0 Å². The summed E-state index contributed by atoms with van der Waals surface area (Å²) in [5.41, 5.74) is 1.34. The van der Waals surface area contributed by atoms with Gasteiger partial charge in [-0.3, -0.25) is 10.1 Å². The lowest BCUT2D eigenvalue weighted by molar-refractivity contribution is -0.384. The number of aryl methyl sites for hydroxylation is 1. The summed E-state index contributed by atoms with van der Waals surface area (Å²) in [6, 6.07) is 6.58. The van der Waals surface area contributed by atoms with E-state index < -0.39 is 11.0 Å². The molecule has 2 N–H and O–H groups in total. The van der Waals surface area contributed by atoms with E-state index in [0.717, 1.165) is 4.88 Å². The third kappa shape index (κ3) is 3.97. The summed E-state index contributed by atoms with van der Waals surface area (Å²) in [5, 5.41) is 26.4. The van der Waals surface area contributed by atoms with Crippen molar-refractivity contribution < 1.29 is 10.0 Å². The number of anilines is 1. The molecular formula is C15H17ClN2O3S. The first kappa shape index (κ1) is 16.7. The van der Waals surface area contributed by atoms with Crippen molar-refractivity contribution in [2.75, 3.05) is 5.32 Å². The first-order valence-electron chi connectivity index (χ1n) is 6.81. The van der Waals surface area contributed by atoms with E-state index in [1.807, 2.05) is 24.4 Å². The third-order valence-electron chi connectivity index (χ3n) is 3.32. The van der Waals surface area contributed by atoms with E-state index in [1.165, 1.54) is 23.5 Å². The fourth-order valence-corrected chi connectivity index (χ4v) is 3.29. The van der Waals surface area contributed by atoms with Crippen molar-refractivity contribution in [2.45, 2.75) is 32.4 Å². The van der Waals surface area contributed by atoms with E-state index in [1.54, 1.807) is 6.92 Å². The fraction of sp³-hybridized carbons (Fsp3) is 0.333. The number of aliphatic hydroxyl groups is 1. The van der Waals surface area contributed by atoms with Crippen LogP contribution in [-0.2, 0) is 0 Å². The Bertz CT molecular complexity index is 638. The average molecular weight is 341 g/mol. The lowest BCUT2D eigenvalue weighted by Crippen LogP contribution is -2.19. The second-order valence-corrected chi connectivity index (χ2v) is 6.58. The van der Waals surface area contributed by atoms with Gasteiger partial charge in [-0.05, 0) is 37.3 Å². The Balaban J connectivity index is 2.08. The second kappa shape index (κ2) is 7.09. The molecule has 0 saturated carbocycles. The van der Waals surface area contributed by atoms with E-state index in [0.29, 0.717) is 22.7 Å². The number of nitrogens with zero attached hydrogens (tertiary/aromatic N) is 1. The number of aliphatic hydroxyl groups excluding tert-OH is 1. The average Bonchev–Trinajstić information content (AvgIpc) is 2.96. The van der Waals surface area contributed by atoms with E-state index in [4.69, 9.17) is 11.6 Å². The van der Waals surface area contributed by atoms with Crippen LogP contribution in [-0.4, -0.2) is 16.1 Å². The van der Waals surface area contributed by atoms with Crippen LogP contribution in [0.25, 0.3) is 0 Å². The number of benzene rings is 1. The summed E-state index contributed by atoms with van der Waals surface area (Å²) in [6.07, 6.45) is -0.0209. The number of nitro groups is 1. The Hall–Kier alpha value is -1.63. The fourth-order valence-electron chi connectivity index (χ4n) is 2.25. The predicted molar refractivity (Wildman–Crippen MR) is 89.8 cm³/mol. The lowest BCUT2D eigenvalue weighted by Gasteiger charge is -2.20. The number of nitro benzene ring substituents is 1. The van der Waals surface area contributed by atoms with Gasteiger partial charge in [-0.1, -0.05) is 17.7 Å². The van der Waals surface area contributed by atoms with Gasteiger partial charge in [-0.15, -0.1) is 11.3 Å². The minimum Gasteiger partial charge on any atom is -0.387 e. The summed E-state index contributed by atoms with van der Waals surface area (Å²) >= 11 is 7.64. The van der Waals surface area contributed by atoms with Crippen molar-refractivity contribution in [3.05, 3.63) is 55.2 Å². The third-order valence-corrected chi connectivity index (χ3v) is 4.59. The molecule has 0 aliphatic heterocycles. The molecule has 5 nitrogen and oxygen atoms in total. The van der Waals surface area contributed by atoms with Crippen molar-refractivity contribution in [1.82, 2.24) is 0 Å². The van der Waals surface area contributed by atoms with Crippen molar-refractivity contribution >= 4 is 34.3 Å². The summed E-state index contributed by atoms with van der Waals surface area (Å²) in [6.45, 7) is 3.71. The molecule has 22 heavy (non-hydrogen) atoms. The molecule has 0 fully saturated rings. The number of non-ortho nitro benzene ring substituents is 1. The van der Waals surface area contributed by atoms with Gasteiger partial charge in [-0.25, -0.2) is 0 Å². The number of rotatable bonds is 6. The Labute approximate surface area is 137 Å². The highest BCUT2D eigenvalue weighted by Gasteiger charge is 2.17. The molecule has 1 aromatic heterocycles. The number of thiophene rings is 1. The van der Waals surface area contributed by atoms with Crippen molar-refractivity contribution in [3.63, 3.8) is 0 Å². The molecule has 2 aromatic rings. The van der Waals surface area contributed by atoms with E-state index in [2.05, 4.69) is 5.32 Å². The van der Waals surface area contributed by atoms with Crippen LogP contribution < -0.4 is 5.32 Å². The van der Waals surface area contributed by atoms with Gasteiger partial charge in [0.2, 0.25) is 0 Å². The zero-order chi connectivity index (χ0) is 16.3. The van der Waals surface area contributed by atoms with E-state index in [9.17, 15) is 15.2 Å². The minimum atomic E-state index is -0.542. The van der Waals surface area contributed by atoms with Crippen LogP contribution in [0.15, 0.2) is 29.6 Å². The Kier molecular flexibility index (Phi) is 5.39. The Morgan fingerprint density at radius 3 is 2.77 bits per heavy atom. The second-order valence-electron chi connectivity index (χ2n) is 5.19. The normalized spacial score (nSPS) is 13.6. The zero-order valence-electron chi connectivity index (χ0n) is 12.2. The van der Waals surface area contributed by atoms with Gasteiger partial charge in [0.15, 0.2) is 0 Å². The SMILES string of the molecule is Cc1cc([N+](=O)[O-])cc(Cl)c1NC(C)CC(O)c1cccs1. The van der Waals surface area contributed by atoms with Crippen LogP contribution in [0.2, 0.25) is 5.02 Å². The molecule has 0 aliphatic rings. The van der Waals surface area contributed by atoms with Gasteiger partial charge in [0.25, 0.3) is 5.69 Å². The van der Waals surface area contributed by atoms with E-state index in [-0.39, 0.29) is 11.7 Å². The number of hydrogen-bond acceptors (Lipinski definition) is 5. The van der Waals surface area contributed by atoms with Crippen LogP contribution in [0.1, 0.15) is 29.9 Å². The highest BCUT2D eigenvalue weighted by molar-refractivity contribution is 7.10. The van der Waals surface area contributed by atoms with Crippen molar-refractivity contribution in [1.29, 1.82) is 0 Å². The van der Waals surface area contributed by atoms with Gasteiger partial charge in [-0.2, -0.15) is 0 Å². The topological polar surface area (TPSA) is 75.4 Å². The molecule has 0 bridgehead atoms. The van der Waals surface area contributed by atoms with Crippen LogP contribution in [0, 0.1) is 17.0 Å². The summed E-state index contributed by atoms with van der Waals surface area (Å²) < 4.78 is 0. The molecule has 0 aliphatic carbocycles. The quantitative estimate of drug-likeness (QED) is 0.597. The molecule has 118 valence electrons. The summed E-state index contributed by atoms with van der Waals surface area (Å²) in [4.78, 5) is 11.3. The van der Waals surface area contributed by atoms with Gasteiger partial charge in [0.1, 0.15) is 0 Å². The molecule has 0 spiro atoms. The molecule has 7 heteroatoms.